The number of carbonyl (C=O) groups excluding carboxylic acids is 1. The number of halogens is 1. The Hall–Kier alpha value is -3.85. The van der Waals surface area contributed by atoms with Crippen LogP contribution in [0.3, 0.4) is 0 Å². The van der Waals surface area contributed by atoms with Crippen LogP contribution in [0, 0.1) is 24.1 Å². The average molecular weight is 448 g/mol. The Labute approximate surface area is 193 Å². The normalized spacial score (nSPS) is 10.9. The summed E-state index contributed by atoms with van der Waals surface area (Å²) in [5.41, 5.74) is 1.43. The van der Waals surface area contributed by atoms with E-state index in [4.69, 9.17) is 14.2 Å². The maximum atomic E-state index is 14.3. The van der Waals surface area contributed by atoms with E-state index in [1.54, 1.807) is 33.8 Å². The Kier molecular flexibility index (Phi) is 7.03. The van der Waals surface area contributed by atoms with Gasteiger partial charge in [-0.2, -0.15) is 5.26 Å². The molecule has 0 spiro atoms. The molecule has 0 saturated heterocycles. The molecule has 0 aromatic heterocycles. The number of nitriles is 1. The smallest absolute Gasteiger partial charge is 0.343 e. The Morgan fingerprint density at radius 2 is 1.76 bits per heavy atom. The summed E-state index contributed by atoms with van der Waals surface area (Å²) in [6.07, 6.45) is 0. The highest BCUT2D eigenvalue weighted by atomic mass is 19.1. The minimum atomic E-state index is -0.797. The van der Waals surface area contributed by atoms with Gasteiger partial charge in [0.2, 0.25) is 0 Å². The van der Waals surface area contributed by atoms with Crippen LogP contribution in [-0.2, 0) is 11.3 Å². The molecular weight excluding hydrogens is 421 g/mol. The van der Waals surface area contributed by atoms with E-state index >= 15 is 0 Å². The second kappa shape index (κ2) is 9.74. The second-order valence-electron chi connectivity index (χ2n) is 8.55. The molecule has 0 heterocycles. The number of esters is 1. The van der Waals surface area contributed by atoms with Crippen molar-refractivity contribution in [3.63, 3.8) is 0 Å². The Balaban J connectivity index is 2.29. The summed E-state index contributed by atoms with van der Waals surface area (Å²) in [5, 5.41) is 9.95. The summed E-state index contributed by atoms with van der Waals surface area (Å²) in [6, 6.07) is 17.2. The Bertz CT molecular complexity index is 1210. The molecule has 0 amide bonds. The lowest BCUT2D eigenvalue weighted by atomic mass is 9.90. The van der Waals surface area contributed by atoms with Crippen molar-refractivity contribution in [1.29, 1.82) is 5.26 Å². The molecule has 3 aromatic rings. The fourth-order valence-corrected chi connectivity index (χ4v) is 3.46. The van der Waals surface area contributed by atoms with Crippen LogP contribution >= 0.6 is 0 Å². The molecule has 0 saturated carbocycles. The number of carbonyl (C=O) groups is 1. The highest BCUT2D eigenvalue weighted by Crippen LogP contribution is 2.41. The van der Waals surface area contributed by atoms with Crippen molar-refractivity contribution in [1.82, 2.24) is 0 Å². The first-order chi connectivity index (χ1) is 15.6. The summed E-state index contributed by atoms with van der Waals surface area (Å²) in [7, 11) is 1.44. The van der Waals surface area contributed by atoms with Crippen molar-refractivity contribution in [2.75, 3.05) is 7.11 Å². The predicted molar refractivity (Wildman–Crippen MR) is 124 cm³/mol. The van der Waals surface area contributed by atoms with Crippen LogP contribution < -0.4 is 9.47 Å². The zero-order valence-corrected chi connectivity index (χ0v) is 19.4. The molecule has 5 nitrogen and oxygen atoms in total. The van der Waals surface area contributed by atoms with Gasteiger partial charge >= 0.3 is 5.97 Å². The molecule has 3 aromatic carbocycles. The number of ether oxygens (including phenoxy) is 3. The van der Waals surface area contributed by atoms with Gasteiger partial charge in [0, 0.05) is 11.1 Å². The number of methoxy groups -OCH3 is 1. The molecule has 0 fully saturated rings. The van der Waals surface area contributed by atoms with Gasteiger partial charge in [0.05, 0.1) is 12.7 Å². The summed E-state index contributed by atoms with van der Waals surface area (Å²) in [5.74, 6) is -0.648. The van der Waals surface area contributed by atoms with E-state index in [-0.39, 0.29) is 34.6 Å². The summed E-state index contributed by atoms with van der Waals surface area (Å²) < 4.78 is 31.4. The van der Waals surface area contributed by atoms with Gasteiger partial charge in [-0.05, 0) is 63.1 Å². The van der Waals surface area contributed by atoms with Crippen LogP contribution in [0.25, 0.3) is 11.1 Å². The van der Waals surface area contributed by atoms with E-state index in [2.05, 4.69) is 6.07 Å². The maximum Gasteiger partial charge on any atom is 0.343 e. The van der Waals surface area contributed by atoms with Crippen LogP contribution in [0.5, 0.6) is 11.5 Å². The molecule has 0 aliphatic rings. The molecule has 33 heavy (non-hydrogen) atoms. The molecule has 170 valence electrons. The average Bonchev–Trinajstić information content (AvgIpc) is 2.76. The lowest BCUT2D eigenvalue weighted by Gasteiger charge is -2.24. The van der Waals surface area contributed by atoms with Crippen molar-refractivity contribution in [2.24, 2.45) is 0 Å². The first-order valence-corrected chi connectivity index (χ1v) is 10.5. The number of hydrogen-bond acceptors (Lipinski definition) is 5. The van der Waals surface area contributed by atoms with Crippen LogP contribution in [-0.4, -0.2) is 18.7 Å². The number of benzene rings is 3. The number of rotatable bonds is 6. The minimum absolute atomic E-state index is 0.0481. The lowest BCUT2D eigenvalue weighted by Crippen LogP contribution is -2.25. The highest BCUT2D eigenvalue weighted by molar-refractivity contribution is 6.03. The van der Waals surface area contributed by atoms with Gasteiger partial charge in [0.15, 0.2) is 0 Å². The standard InChI is InChI=1S/C27H26FNO4/c1-17-13-23(32-16-18-9-7-6-8-10-18)25(26(30)33-27(2,3)4)24(21(17)15-29)20-14-19(28)11-12-22(20)31-5/h6-14H,16H2,1-5H3. The van der Waals surface area contributed by atoms with Gasteiger partial charge in [-0.1, -0.05) is 30.3 Å². The van der Waals surface area contributed by atoms with Crippen molar-refractivity contribution < 1.29 is 23.4 Å². The first kappa shape index (κ1) is 23.8. The monoisotopic (exact) mass is 447 g/mol. The highest BCUT2D eigenvalue weighted by Gasteiger charge is 2.30. The lowest BCUT2D eigenvalue weighted by molar-refractivity contribution is 0.00664. The fraction of sp³-hybridized carbons (Fsp3) is 0.259. The fourth-order valence-electron chi connectivity index (χ4n) is 3.46. The van der Waals surface area contributed by atoms with Crippen molar-refractivity contribution in [3.05, 3.63) is 82.7 Å². The number of aryl methyl sites for hydroxylation is 1. The third-order valence-electron chi connectivity index (χ3n) is 4.87. The Morgan fingerprint density at radius 3 is 2.36 bits per heavy atom. The summed E-state index contributed by atoms with van der Waals surface area (Å²) in [4.78, 5) is 13.4. The van der Waals surface area contributed by atoms with Gasteiger partial charge in [0.25, 0.3) is 0 Å². The first-order valence-electron chi connectivity index (χ1n) is 10.5. The number of nitrogens with zero attached hydrogens (tertiary/aromatic N) is 1. The SMILES string of the molecule is COc1ccc(F)cc1-c1c(C#N)c(C)cc(OCc2ccccc2)c1C(=O)OC(C)(C)C. The molecule has 3 rings (SSSR count). The maximum absolute atomic E-state index is 14.3. The third-order valence-corrected chi connectivity index (χ3v) is 4.87. The van der Waals surface area contributed by atoms with E-state index < -0.39 is 17.4 Å². The molecule has 0 bridgehead atoms. The number of hydrogen-bond donors (Lipinski definition) is 0. The van der Waals surface area contributed by atoms with Crippen molar-refractivity contribution in [2.45, 2.75) is 39.9 Å². The van der Waals surface area contributed by atoms with E-state index in [0.717, 1.165) is 5.56 Å². The minimum Gasteiger partial charge on any atom is -0.496 e. The second-order valence-corrected chi connectivity index (χ2v) is 8.55. The van der Waals surface area contributed by atoms with E-state index in [1.165, 1.54) is 25.3 Å². The van der Waals surface area contributed by atoms with E-state index in [0.29, 0.717) is 11.3 Å². The van der Waals surface area contributed by atoms with Crippen molar-refractivity contribution >= 4 is 5.97 Å². The van der Waals surface area contributed by atoms with Gasteiger partial charge < -0.3 is 14.2 Å². The van der Waals surface area contributed by atoms with Crippen molar-refractivity contribution in [3.8, 4) is 28.7 Å². The summed E-state index contributed by atoms with van der Waals surface area (Å²) >= 11 is 0. The molecule has 0 aliphatic carbocycles. The topological polar surface area (TPSA) is 68.5 Å². The molecule has 0 atom stereocenters. The Morgan fingerprint density at radius 1 is 1.06 bits per heavy atom. The van der Waals surface area contributed by atoms with Crippen LogP contribution in [0.4, 0.5) is 4.39 Å². The van der Waals surface area contributed by atoms with Gasteiger partial charge in [-0.15, -0.1) is 0 Å². The summed E-state index contributed by atoms with van der Waals surface area (Å²) in [6.45, 7) is 7.18. The van der Waals surface area contributed by atoms with E-state index in [1.807, 2.05) is 30.3 Å². The predicted octanol–water partition coefficient (Wildman–Crippen LogP) is 6.22. The molecule has 6 heteroatoms. The molecule has 0 N–H and O–H groups in total. The van der Waals surface area contributed by atoms with Crippen LogP contribution in [0.15, 0.2) is 54.6 Å². The molecular formula is C27H26FNO4. The largest absolute Gasteiger partial charge is 0.496 e. The van der Waals surface area contributed by atoms with Gasteiger partial charge in [-0.3, -0.25) is 0 Å². The molecule has 0 radical (unpaired) electrons. The third kappa shape index (κ3) is 5.50. The van der Waals surface area contributed by atoms with Gasteiger partial charge in [0.1, 0.15) is 41.2 Å². The zero-order chi connectivity index (χ0) is 24.2. The quantitative estimate of drug-likeness (QED) is 0.420. The van der Waals surface area contributed by atoms with E-state index in [9.17, 15) is 14.4 Å². The molecule has 0 aliphatic heterocycles. The van der Waals surface area contributed by atoms with Crippen LogP contribution in [0.1, 0.15) is 47.8 Å². The van der Waals surface area contributed by atoms with Gasteiger partial charge in [-0.25, -0.2) is 9.18 Å². The zero-order valence-electron chi connectivity index (χ0n) is 19.4. The van der Waals surface area contributed by atoms with Crippen LogP contribution in [0.2, 0.25) is 0 Å². The molecule has 0 unspecified atom stereocenters.